The maximum Gasteiger partial charge on any atom is 0.252 e. The summed E-state index contributed by atoms with van der Waals surface area (Å²) in [6.07, 6.45) is 7.45. The molecule has 3 aromatic heterocycles. The molecule has 0 aliphatic carbocycles. The van der Waals surface area contributed by atoms with Crippen molar-refractivity contribution in [1.82, 2.24) is 29.4 Å². The first-order chi connectivity index (χ1) is 12.7. The smallest absolute Gasteiger partial charge is 0.252 e. The highest BCUT2D eigenvalue weighted by Gasteiger charge is 2.42. The Balaban J connectivity index is 1.39. The van der Waals surface area contributed by atoms with Gasteiger partial charge in [-0.2, -0.15) is 4.98 Å². The molecule has 0 unspecified atom stereocenters. The summed E-state index contributed by atoms with van der Waals surface area (Å²) in [5.41, 5.74) is 1.38. The van der Waals surface area contributed by atoms with Crippen LogP contribution in [-0.4, -0.2) is 55.1 Å². The van der Waals surface area contributed by atoms with E-state index in [2.05, 4.69) is 41.4 Å². The molecule has 2 aliphatic heterocycles. The first-order valence-electron chi connectivity index (χ1n) is 9.28. The molecule has 8 nitrogen and oxygen atoms in total. The number of anilines is 1. The quantitative estimate of drug-likeness (QED) is 0.705. The van der Waals surface area contributed by atoms with E-state index < -0.39 is 0 Å². The SMILES string of the molecule is CCc1nc2c(N3C[C@@H]4CCN(Cc5nccn5C)[C@@H]4C3)ncnc2o1. The minimum Gasteiger partial charge on any atom is -0.422 e. The van der Waals surface area contributed by atoms with Crippen molar-refractivity contribution in [3.8, 4) is 0 Å². The van der Waals surface area contributed by atoms with Crippen LogP contribution in [0.25, 0.3) is 11.2 Å². The molecular weight excluding hydrogens is 330 g/mol. The third-order valence-electron chi connectivity index (χ3n) is 5.75. The molecule has 8 heteroatoms. The van der Waals surface area contributed by atoms with Gasteiger partial charge in [-0.1, -0.05) is 6.92 Å². The maximum absolute atomic E-state index is 5.71. The summed E-state index contributed by atoms with van der Waals surface area (Å²) in [7, 11) is 2.06. The highest BCUT2D eigenvalue weighted by molar-refractivity contribution is 5.81. The molecule has 0 N–H and O–H groups in total. The molecule has 0 radical (unpaired) electrons. The second kappa shape index (κ2) is 6.05. The highest BCUT2D eigenvalue weighted by atomic mass is 16.4. The molecule has 5 heterocycles. The number of fused-ring (bicyclic) bond motifs is 2. The molecule has 3 aromatic rings. The van der Waals surface area contributed by atoms with E-state index in [4.69, 9.17) is 4.42 Å². The number of likely N-dealkylation sites (tertiary alicyclic amines) is 1. The van der Waals surface area contributed by atoms with Gasteiger partial charge < -0.3 is 13.9 Å². The largest absolute Gasteiger partial charge is 0.422 e. The lowest BCUT2D eigenvalue weighted by atomic mass is 10.1. The Morgan fingerprint density at radius 1 is 1.23 bits per heavy atom. The fourth-order valence-corrected chi connectivity index (χ4v) is 4.32. The first kappa shape index (κ1) is 15.7. The molecule has 0 spiro atoms. The van der Waals surface area contributed by atoms with Crippen molar-refractivity contribution >= 4 is 17.0 Å². The van der Waals surface area contributed by atoms with Crippen molar-refractivity contribution in [1.29, 1.82) is 0 Å². The summed E-state index contributed by atoms with van der Waals surface area (Å²) in [6, 6.07) is 0.536. The zero-order valence-electron chi connectivity index (χ0n) is 15.2. The van der Waals surface area contributed by atoms with Gasteiger partial charge in [0, 0.05) is 45.0 Å². The lowest BCUT2D eigenvalue weighted by molar-refractivity contribution is 0.237. The molecule has 0 saturated carbocycles. The molecular formula is C18H23N7O. The van der Waals surface area contributed by atoms with E-state index in [0.29, 0.717) is 17.7 Å². The summed E-state index contributed by atoms with van der Waals surface area (Å²) in [5.74, 6) is 3.41. The van der Waals surface area contributed by atoms with Gasteiger partial charge in [-0.15, -0.1) is 0 Å². The Morgan fingerprint density at radius 2 is 2.15 bits per heavy atom. The van der Waals surface area contributed by atoms with Gasteiger partial charge in [-0.05, 0) is 18.9 Å². The Morgan fingerprint density at radius 3 is 2.96 bits per heavy atom. The number of aryl methyl sites for hydroxylation is 2. The van der Waals surface area contributed by atoms with Crippen LogP contribution in [-0.2, 0) is 20.0 Å². The van der Waals surface area contributed by atoms with E-state index in [0.717, 1.165) is 55.6 Å². The van der Waals surface area contributed by atoms with Crippen LogP contribution >= 0.6 is 0 Å². The Labute approximate surface area is 151 Å². The van der Waals surface area contributed by atoms with Crippen LogP contribution in [0.4, 0.5) is 5.82 Å². The lowest BCUT2D eigenvalue weighted by Crippen LogP contribution is -2.35. The van der Waals surface area contributed by atoms with E-state index in [9.17, 15) is 0 Å². The molecule has 0 aromatic carbocycles. The predicted molar refractivity (Wildman–Crippen MR) is 96.7 cm³/mol. The van der Waals surface area contributed by atoms with Crippen LogP contribution in [0.15, 0.2) is 23.1 Å². The first-order valence-corrected chi connectivity index (χ1v) is 9.28. The van der Waals surface area contributed by atoms with Gasteiger partial charge in [-0.25, -0.2) is 15.0 Å². The van der Waals surface area contributed by atoms with Crippen molar-refractivity contribution in [3.63, 3.8) is 0 Å². The molecule has 0 bridgehead atoms. The van der Waals surface area contributed by atoms with Gasteiger partial charge in [-0.3, -0.25) is 4.90 Å². The van der Waals surface area contributed by atoms with Crippen LogP contribution in [0, 0.1) is 5.92 Å². The summed E-state index contributed by atoms with van der Waals surface area (Å²) in [5, 5.41) is 0. The Kier molecular flexibility index (Phi) is 3.66. The number of imidazole rings is 1. The number of oxazole rings is 1. The van der Waals surface area contributed by atoms with E-state index >= 15 is 0 Å². The third kappa shape index (κ3) is 2.47. The summed E-state index contributed by atoms with van der Waals surface area (Å²) < 4.78 is 7.81. The van der Waals surface area contributed by atoms with Crippen molar-refractivity contribution in [3.05, 3.63) is 30.4 Å². The molecule has 2 atom stereocenters. The van der Waals surface area contributed by atoms with E-state index in [1.165, 1.54) is 6.42 Å². The Hall–Kier alpha value is -2.48. The van der Waals surface area contributed by atoms with Gasteiger partial charge in [0.2, 0.25) is 0 Å². The second-order valence-electron chi connectivity index (χ2n) is 7.26. The van der Waals surface area contributed by atoms with Crippen LogP contribution in [0.5, 0.6) is 0 Å². The number of nitrogens with zero attached hydrogens (tertiary/aromatic N) is 7. The van der Waals surface area contributed by atoms with Gasteiger partial charge in [0.15, 0.2) is 17.2 Å². The minimum atomic E-state index is 0.536. The van der Waals surface area contributed by atoms with Crippen molar-refractivity contribution in [2.24, 2.45) is 13.0 Å². The van der Waals surface area contributed by atoms with Crippen molar-refractivity contribution < 1.29 is 4.42 Å². The summed E-state index contributed by atoms with van der Waals surface area (Å²) in [6.45, 7) is 6.06. The molecule has 2 saturated heterocycles. The highest BCUT2D eigenvalue weighted by Crippen LogP contribution is 2.36. The van der Waals surface area contributed by atoms with E-state index in [1.807, 2.05) is 19.3 Å². The molecule has 2 fully saturated rings. The summed E-state index contributed by atoms with van der Waals surface area (Å²) >= 11 is 0. The van der Waals surface area contributed by atoms with Crippen LogP contribution in [0.2, 0.25) is 0 Å². The zero-order chi connectivity index (χ0) is 17.7. The minimum absolute atomic E-state index is 0.536. The third-order valence-corrected chi connectivity index (χ3v) is 5.75. The zero-order valence-corrected chi connectivity index (χ0v) is 15.2. The lowest BCUT2D eigenvalue weighted by Gasteiger charge is -2.24. The van der Waals surface area contributed by atoms with Crippen LogP contribution < -0.4 is 4.90 Å². The topological polar surface area (TPSA) is 76.1 Å². The Bertz CT molecular complexity index is 933. The molecule has 136 valence electrons. The van der Waals surface area contributed by atoms with E-state index in [1.54, 1.807) is 6.33 Å². The average molecular weight is 353 g/mol. The van der Waals surface area contributed by atoms with Crippen LogP contribution in [0.3, 0.4) is 0 Å². The second-order valence-corrected chi connectivity index (χ2v) is 7.26. The average Bonchev–Trinajstić information content (AvgIpc) is 3.40. The molecule has 0 amide bonds. The number of rotatable bonds is 4. The fourth-order valence-electron chi connectivity index (χ4n) is 4.32. The molecule has 26 heavy (non-hydrogen) atoms. The van der Waals surface area contributed by atoms with Gasteiger partial charge >= 0.3 is 0 Å². The number of aromatic nitrogens is 5. The van der Waals surface area contributed by atoms with Crippen LogP contribution in [0.1, 0.15) is 25.1 Å². The number of hydrogen-bond donors (Lipinski definition) is 0. The van der Waals surface area contributed by atoms with Gasteiger partial charge in [0.05, 0.1) is 6.54 Å². The molecule has 2 aliphatic rings. The van der Waals surface area contributed by atoms with E-state index in [-0.39, 0.29) is 0 Å². The van der Waals surface area contributed by atoms with Gasteiger partial charge in [0.25, 0.3) is 5.71 Å². The fraction of sp³-hybridized carbons (Fsp3) is 0.556. The standard InChI is InChI=1S/C18H23N7O/c1-3-15-22-16-17(20-11-21-18(16)26-15)25-8-12-4-6-24(13(12)9-25)10-14-19-5-7-23(14)2/h5,7,11-13H,3-4,6,8-10H2,1-2H3/t12-,13+/m0/s1. The molecule has 5 rings (SSSR count). The summed E-state index contributed by atoms with van der Waals surface area (Å²) in [4.78, 5) is 22.8. The maximum atomic E-state index is 5.71. The normalized spacial score (nSPS) is 23.2. The van der Waals surface area contributed by atoms with Gasteiger partial charge in [0.1, 0.15) is 12.2 Å². The predicted octanol–water partition coefficient (Wildman–Crippen LogP) is 1.62. The van der Waals surface area contributed by atoms with Crippen molar-refractivity contribution in [2.75, 3.05) is 24.5 Å². The van der Waals surface area contributed by atoms with Crippen molar-refractivity contribution in [2.45, 2.75) is 32.4 Å². The number of hydrogen-bond acceptors (Lipinski definition) is 7. The monoisotopic (exact) mass is 353 g/mol.